The minimum absolute atomic E-state index is 0.136. The summed E-state index contributed by atoms with van der Waals surface area (Å²) in [6.07, 6.45) is 6.58. The highest BCUT2D eigenvalue weighted by Gasteiger charge is 2.30. The molecule has 154 valence electrons. The number of nitrogens with zero attached hydrogens (tertiary/aromatic N) is 5. The molecule has 1 aliphatic rings. The van der Waals surface area contributed by atoms with Crippen molar-refractivity contribution in [1.29, 1.82) is 0 Å². The Morgan fingerprint density at radius 1 is 1.20 bits per heavy atom. The van der Waals surface area contributed by atoms with Crippen LogP contribution in [0.25, 0.3) is 10.2 Å². The zero-order valence-corrected chi connectivity index (χ0v) is 17.7. The molecule has 0 spiro atoms. The summed E-state index contributed by atoms with van der Waals surface area (Å²) >= 11 is 1.57. The highest BCUT2D eigenvalue weighted by atomic mass is 32.1. The van der Waals surface area contributed by atoms with Gasteiger partial charge in [-0.2, -0.15) is 10.2 Å². The third-order valence-electron chi connectivity index (χ3n) is 5.53. The van der Waals surface area contributed by atoms with E-state index < -0.39 is 0 Å². The zero-order chi connectivity index (χ0) is 20.5. The first-order valence-corrected chi connectivity index (χ1v) is 11.0. The van der Waals surface area contributed by atoms with Crippen LogP contribution in [-0.4, -0.2) is 36.5 Å². The number of thiazole rings is 1. The Hall–Kier alpha value is -3.07. The number of rotatable bonds is 6. The normalized spacial score (nSPS) is 18.9. The van der Waals surface area contributed by atoms with Crippen LogP contribution in [0.4, 0.5) is 11.6 Å². The van der Waals surface area contributed by atoms with Crippen molar-refractivity contribution in [1.82, 2.24) is 30.4 Å². The van der Waals surface area contributed by atoms with E-state index in [0.717, 1.165) is 52.4 Å². The summed E-state index contributed by atoms with van der Waals surface area (Å²) in [5.41, 5.74) is 4.98. The Balaban J connectivity index is 1.26. The lowest BCUT2D eigenvalue weighted by molar-refractivity contribution is 0.194. The number of hydrogen-bond donors (Lipinski definition) is 2. The van der Waals surface area contributed by atoms with Crippen LogP contribution in [0, 0.1) is 0 Å². The van der Waals surface area contributed by atoms with Gasteiger partial charge in [-0.05, 0) is 37.3 Å². The molecule has 0 bridgehead atoms. The Bertz CT molecular complexity index is 1150. The van der Waals surface area contributed by atoms with Gasteiger partial charge in [0.25, 0.3) is 0 Å². The first-order chi connectivity index (χ1) is 14.7. The van der Waals surface area contributed by atoms with Gasteiger partial charge < -0.3 is 10.1 Å². The van der Waals surface area contributed by atoms with Crippen LogP contribution < -0.4 is 10.1 Å². The van der Waals surface area contributed by atoms with Crippen molar-refractivity contribution in [3.05, 3.63) is 47.4 Å². The molecule has 1 fully saturated rings. The lowest BCUT2D eigenvalue weighted by Gasteiger charge is -2.16. The van der Waals surface area contributed by atoms with Crippen molar-refractivity contribution in [3.63, 3.8) is 0 Å². The van der Waals surface area contributed by atoms with Crippen molar-refractivity contribution in [2.45, 2.75) is 51.0 Å². The maximum Gasteiger partial charge on any atom is 0.237 e. The highest BCUT2D eigenvalue weighted by molar-refractivity contribution is 7.17. The van der Waals surface area contributed by atoms with E-state index in [1.165, 1.54) is 0 Å². The summed E-state index contributed by atoms with van der Waals surface area (Å²) in [4.78, 5) is 8.77. The van der Waals surface area contributed by atoms with Crippen molar-refractivity contribution in [2.75, 3.05) is 5.32 Å². The molecule has 0 aromatic carbocycles. The maximum absolute atomic E-state index is 6.22. The van der Waals surface area contributed by atoms with E-state index in [1.807, 2.05) is 17.6 Å². The first-order valence-electron chi connectivity index (χ1n) is 10.2. The smallest absolute Gasteiger partial charge is 0.237 e. The fraction of sp³-hybridized carbons (Fsp3) is 0.381. The second kappa shape index (κ2) is 7.98. The molecule has 0 aliphatic heterocycles. The van der Waals surface area contributed by atoms with Crippen LogP contribution >= 0.6 is 11.3 Å². The number of pyridine rings is 1. The van der Waals surface area contributed by atoms with Gasteiger partial charge in [0.1, 0.15) is 6.10 Å². The zero-order valence-electron chi connectivity index (χ0n) is 16.9. The fourth-order valence-corrected chi connectivity index (χ4v) is 4.69. The van der Waals surface area contributed by atoms with Crippen LogP contribution in [0.1, 0.15) is 56.2 Å². The van der Waals surface area contributed by atoms with Crippen molar-refractivity contribution < 1.29 is 4.74 Å². The molecule has 4 aromatic rings. The summed E-state index contributed by atoms with van der Waals surface area (Å²) in [6.45, 7) is 4.28. The Labute approximate surface area is 178 Å². The molecule has 1 aliphatic carbocycles. The second-order valence-electron chi connectivity index (χ2n) is 7.89. The number of H-pyrrole nitrogens is 1. The molecule has 1 saturated carbocycles. The minimum atomic E-state index is 0.136. The molecular weight excluding hydrogens is 398 g/mol. The second-order valence-corrected chi connectivity index (χ2v) is 8.74. The third-order valence-corrected chi connectivity index (χ3v) is 6.38. The molecule has 4 aromatic heterocycles. The predicted octanol–water partition coefficient (Wildman–Crippen LogP) is 4.79. The van der Waals surface area contributed by atoms with E-state index in [4.69, 9.17) is 4.74 Å². The molecule has 0 saturated heterocycles. The van der Waals surface area contributed by atoms with Gasteiger partial charge in [0.2, 0.25) is 5.88 Å². The largest absolute Gasteiger partial charge is 0.473 e. The fourth-order valence-electron chi connectivity index (χ4n) is 3.96. The molecule has 4 heterocycles. The van der Waals surface area contributed by atoms with Gasteiger partial charge in [0.15, 0.2) is 11.6 Å². The number of anilines is 2. The lowest BCUT2D eigenvalue weighted by Crippen LogP contribution is -2.15. The summed E-state index contributed by atoms with van der Waals surface area (Å²) in [7, 11) is 0. The van der Waals surface area contributed by atoms with Gasteiger partial charge in [-0.3, -0.25) is 5.10 Å². The van der Waals surface area contributed by atoms with Gasteiger partial charge in [-0.15, -0.1) is 16.4 Å². The molecule has 2 atom stereocenters. The summed E-state index contributed by atoms with van der Waals surface area (Å²) in [6, 6.07) is 5.97. The van der Waals surface area contributed by atoms with Crippen LogP contribution in [0.15, 0.2) is 36.1 Å². The number of hydrogen-bond acceptors (Lipinski definition) is 8. The van der Waals surface area contributed by atoms with Gasteiger partial charge in [-0.1, -0.05) is 13.8 Å². The van der Waals surface area contributed by atoms with Crippen LogP contribution in [0.3, 0.4) is 0 Å². The molecular formula is C21H23N7OS. The van der Waals surface area contributed by atoms with Crippen molar-refractivity contribution >= 4 is 33.2 Å². The standard InChI is InChI=1S/C21H23N7OS/c1-12(2)15-5-8-24-28-21(15)29-14-4-3-13(9-14)17-10-18(27-26-17)25-20-19-16(6-7-22-20)23-11-30-19/h5-8,10-14H,3-4,9H2,1-2H3,(H2,22,25,26,27). The Morgan fingerprint density at radius 2 is 2.13 bits per heavy atom. The van der Waals surface area contributed by atoms with Crippen molar-refractivity contribution in [2.24, 2.45) is 0 Å². The minimum Gasteiger partial charge on any atom is -0.473 e. The quantitative estimate of drug-likeness (QED) is 0.462. The van der Waals surface area contributed by atoms with E-state index in [2.05, 4.69) is 55.6 Å². The topological polar surface area (TPSA) is 102 Å². The third kappa shape index (κ3) is 3.72. The van der Waals surface area contributed by atoms with Crippen LogP contribution in [0.2, 0.25) is 0 Å². The van der Waals surface area contributed by atoms with E-state index in [0.29, 0.717) is 17.7 Å². The number of fused-ring (bicyclic) bond motifs is 1. The van der Waals surface area contributed by atoms with Gasteiger partial charge in [-0.25, -0.2) is 9.97 Å². The molecule has 30 heavy (non-hydrogen) atoms. The molecule has 9 heteroatoms. The van der Waals surface area contributed by atoms with Gasteiger partial charge in [0, 0.05) is 29.4 Å². The Morgan fingerprint density at radius 3 is 3.03 bits per heavy atom. The molecule has 5 rings (SSSR count). The van der Waals surface area contributed by atoms with Crippen molar-refractivity contribution in [3.8, 4) is 5.88 Å². The first kappa shape index (κ1) is 18.9. The Kier molecular flexibility index (Phi) is 5.04. The van der Waals surface area contributed by atoms with E-state index >= 15 is 0 Å². The maximum atomic E-state index is 6.22. The predicted molar refractivity (Wildman–Crippen MR) is 116 cm³/mol. The molecule has 0 radical (unpaired) electrons. The van der Waals surface area contributed by atoms with Gasteiger partial charge >= 0.3 is 0 Å². The molecule has 2 unspecified atom stereocenters. The molecule has 8 nitrogen and oxygen atoms in total. The summed E-state index contributed by atoms with van der Waals surface area (Å²) in [5, 5.41) is 19.2. The average molecular weight is 422 g/mol. The number of aromatic nitrogens is 6. The van der Waals surface area contributed by atoms with Crippen LogP contribution in [0.5, 0.6) is 5.88 Å². The van der Waals surface area contributed by atoms with E-state index in [9.17, 15) is 0 Å². The van der Waals surface area contributed by atoms with Crippen LogP contribution in [-0.2, 0) is 0 Å². The lowest BCUT2D eigenvalue weighted by atomic mass is 10.0. The average Bonchev–Trinajstić information content (AvgIpc) is 3.49. The number of nitrogens with one attached hydrogen (secondary N) is 2. The highest BCUT2D eigenvalue weighted by Crippen LogP contribution is 2.37. The van der Waals surface area contributed by atoms with Gasteiger partial charge in [0.05, 0.1) is 21.9 Å². The molecule has 0 amide bonds. The molecule has 2 N–H and O–H groups in total. The summed E-state index contributed by atoms with van der Waals surface area (Å²) in [5.74, 6) is 2.94. The van der Waals surface area contributed by atoms with E-state index in [-0.39, 0.29) is 6.10 Å². The monoisotopic (exact) mass is 421 g/mol. The summed E-state index contributed by atoms with van der Waals surface area (Å²) < 4.78 is 7.25. The van der Waals surface area contributed by atoms with E-state index in [1.54, 1.807) is 23.7 Å². The number of aromatic amines is 1. The SMILES string of the molecule is CC(C)c1ccnnc1OC1CCC(c2cc(Nc3nccc4ncsc34)n[nH]2)C1. The number of ether oxygens (including phenoxy) is 1.